The van der Waals surface area contributed by atoms with Crippen molar-refractivity contribution in [3.05, 3.63) is 57.8 Å². The highest BCUT2D eigenvalue weighted by Crippen LogP contribution is 2.27. The molecule has 5 nitrogen and oxygen atoms in total. The number of nitrogens with one attached hydrogen (secondary N) is 2. The number of hydrogen-bond donors (Lipinski definition) is 2. The Hall–Kier alpha value is -1.55. The number of ether oxygens (including phenoxy) is 2. The summed E-state index contributed by atoms with van der Waals surface area (Å²) in [7, 11) is 3.22. The molecule has 0 heterocycles. The minimum atomic E-state index is -0.284. The zero-order chi connectivity index (χ0) is 18.9. The Kier molecular flexibility index (Phi) is 10.5. The average Bonchev–Trinajstić information content (AvgIpc) is 2.63. The zero-order valence-electron chi connectivity index (χ0n) is 15.5. The average molecular weight is 552 g/mol. The fourth-order valence-electron chi connectivity index (χ4n) is 2.39. The van der Waals surface area contributed by atoms with E-state index in [1.165, 1.54) is 12.1 Å². The molecule has 0 aromatic heterocycles. The number of rotatable bonds is 7. The molecule has 0 amide bonds. The summed E-state index contributed by atoms with van der Waals surface area (Å²) >= 11 is 3.30. The van der Waals surface area contributed by atoms with Crippen molar-refractivity contribution in [3.63, 3.8) is 0 Å². The maximum Gasteiger partial charge on any atom is 0.191 e. The Morgan fingerprint density at radius 3 is 2.41 bits per heavy atom. The molecule has 2 aromatic rings. The van der Waals surface area contributed by atoms with Gasteiger partial charge in [0.05, 0.1) is 20.8 Å². The summed E-state index contributed by atoms with van der Waals surface area (Å²) in [5, 5.41) is 6.44. The highest BCUT2D eigenvalue weighted by Gasteiger charge is 2.06. The number of hydrogen-bond acceptors (Lipinski definition) is 3. The largest absolute Gasteiger partial charge is 0.493 e. The topological polar surface area (TPSA) is 54.9 Å². The first-order valence-electron chi connectivity index (χ1n) is 8.23. The van der Waals surface area contributed by atoms with E-state index in [1.54, 1.807) is 14.2 Å². The summed E-state index contributed by atoms with van der Waals surface area (Å²) in [5.41, 5.74) is 1.82. The van der Waals surface area contributed by atoms with Crippen molar-refractivity contribution in [2.24, 2.45) is 4.99 Å². The maximum atomic E-state index is 13.5. The molecule has 0 aliphatic heterocycles. The molecule has 0 atom stereocenters. The summed E-state index contributed by atoms with van der Waals surface area (Å²) in [6, 6.07) is 10.5. The fourth-order valence-corrected chi connectivity index (χ4v) is 2.90. The van der Waals surface area contributed by atoms with Crippen molar-refractivity contribution in [1.82, 2.24) is 10.6 Å². The Bertz CT molecular complexity index is 754. The molecule has 8 heteroatoms. The Labute approximate surface area is 184 Å². The van der Waals surface area contributed by atoms with Gasteiger partial charge in [0.15, 0.2) is 17.5 Å². The molecule has 2 aromatic carbocycles. The van der Waals surface area contributed by atoms with Crippen LogP contribution in [0, 0.1) is 5.82 Å². The lowest BCUT2D eigenvalue weighted by molar-refractivity contribution is 0.354. The van der Waals surface area contributed by atoms with Crippen molar-refractivity contribution in [1.29, 1.82) is 0 Å². The Balaban J connectivity index is 0.00000364. The van der Waals surface area contributed by atoms with E-state index in [1.807, 2.05) is 31.2 Å². The van der Waals surface area contributed by atoms with Gasteiger partial charge < -0.3 is 20.1 Å². The van der Waals surface area contributed by atoms with Crippen molar-refractivity contribution < 1.29 is 13.9 Å². The first kappa shape index (κ1) is 23.5. The van der Waals surface area contributed by atoms with E-state index in [2.05, 4.69) is 31.6 Å². The molecule has 0 saturated carbocycles. The molecule has 0 aliphatic rings. The minimum Gasteiger partial charge on any atom is -0.493 e. The van der Waals surface area contributed by atoms with Gasteiger partial charge in [-0.05, 0) is 48.4 Å². The van der Waals surface area contributed by atoms with Crippen LogP contribution in [0.1, 0.15) is 18.1 Å². The lowest BCUT2D eigenvalue weighted by Crippen LogP contribution is -2.36. The van der Waals surface area contributed by atoms with E-state index in [9.17, 15) is 4.39 Å². The SMILES string of the molecule is CCNC(=NCc1cc(F)cc(Br)c1)NCc1ccc(OC)c(OC)c1.I. The van der Waals surface area contributed by atoms with E-state index in [4.69, 9.17) is 9.47 Å². The summed E-state index contributed by atoms with van der Waals surface area (Å²) in [5.74, 6) is 1.74. The minimum absolute atomic E-state index is 0. The smallest absolute Gasteiger partial charge is 0.191 e. The first-order chi connectivity index (χ1) is 12.5. The molecule has 0 aliphatic carbocycles. The van der Waals surface area contributed by atoms with E-state index < -0.39 is 0 Å². The second-order valence-electron chi connectivity index (χ2n) is 5.52. The lowest BCUT2D eigenvalue weighted by Gasteiger charge is -2.13. The predicted molar refractivity (Wildman–Crippen MR) is 121 cm³/mol. The van der Waals surface area contributed by atoms with Gasteiger partial charge in [-0.3, -0.25) is 0 Å². The van der Waals surface area contributed by atoms with Crippen LogP contribution in [0.2, 0.25) is 0 Å². The molecule has 0 spiro atoms. The third kappa shape index (κ3) is 7.53. The standard InChI is InChI=1S/C19H23BrFN3O2.HI/c1-4-22-19(24-12-14-7-15(20)10-16(21)8-14)23-11-13-5-6-17(25-2)18(9-13)26-3;/h5-10H,4,11-12H2,1-3H3,(H2,22,23,24);1H. The molecule has 0 unspecified atom stereocenters. The normalized spacial score (nSPS) is 10.8. The predicted octanol–water partition coefficient (Wildman–Crippen LogP) is 4.48. The number of halogens is 3. The molecule has 0 radical (unpaired) electrons. The van der Waals surface area contributed by atoms with Crippen LogP contribution in [0.5, 0.6) is 11.5 Å². The number of aliphatic imine (C=N–C) groups is 1. The molecule has 0 saturated heterocycles. The molecule has 0 bridgehead atoms. The van der Waals surface area contributed by atoms with Crippen LogP contribution in [0.4, 0.5) is 4.39 Å². The molecule has 27 heavy (non-hydrogen) atoms. The third-order valence-electron chi connectivity index (χ3n) is 3.59. The van der Waals surface area contributed by atoms with Crippen LogP contribution in [0.3, 0.4) is 0 Å². The molecule has 0 fully saturated rings. The van der Waals surface area contributed by atoms with Crippen LogP contribution in [-0.4, -0.2) is 26.7 Å². The first-order valence-corrected chi connectivity index (χ1v) is 9.03. The van der Waals surface area contributed by atoms with E-state index >= 15 is 0 Å². The second kappa shape index (κ2) is 12.0. The van der Waals surface area contributed by atoms with E-state index in [0.717, 1.165) is 17.7 Å². The molecular weight excluding hydrogens is 528 g/mol. The number of methoxy groups -OCH3 is 2. The van der Waals surface area contributed by atoms with Crippen molar-refractivity contribution in [2.45, 2.75) is 20.0 Å². The molecule has 2 rings (SSSR count). The van der Waals surface area contributed by atoms with E-state index in [-0.39, 0.29) is 29.8 Å². The summed E-state index contributed by atoms with van der Waals surface area (Å²) in [6.07, 6.45) is 0. The highest BCUT2D eigenvalue weighted by molar-refractivity contribution is 14.0. The quantitative estimate of drug-likeness (QED) is 0.303. The van der Waals surface area contributed by atoms with Crippen LogP contribution in [0.15, 0.2) is 45.9 Å². The number of benzene rings is 2. The lowest BCUT2D eigenvalue weighted by atomic mass is 10.2. The second-order valence-corrected chi connectivity index (χ2v) is 6.43. The van der Waals surface area contributed by atoms with Crippen LogP contribution in [0.25, 0.3) is 0 Å². The van der Waals surface area contributed by atoms with Gasteiger partial charge in [0.25, 0.3) is 0 Å². The molecular formula is C19H24BrFIN3O2. The van der Waals surface area contributed by atoms with Gasteiger partial charge in [-0.2, -0.15) is 0 Å². The maximum absolute atomic E-state index is 13.5. The fraction of sp³-hybridized carbons (Fsp3) is 0.316. The van der Waals surface area contributed by atoms with Crippen molar-refractivity contribution in [3.8, 4) is 11.5 Å². The number of guanidine groups is 1. The van der Waals surface area contributed by atoms with Crippen molar-refractivity contribution in [2.75, 3.05) is 20.8 Å². The van der Waals surface area contributed by atoms with Gasteiger partial charge >= 0.3 is 0 Å². The summed E-state index contributed by atoms with van der Waals surface area (Å²) < 4.78 is 24.7. The number of nitrogens with zero attached hydrogens (tertiary/aromatic N) is 1. The van der Waals surface area contributed by atoms with Crippen LogP contribution in [-0.2, 0) is 13.1 Å². The molecule has 2 N–H and O–H groups in total. The van der Waals surface area contributed by atoms with Gasteiger partial charge in [-0.25, -0.2) is 9.38 Å². The van der Waals surface area contributed by atoms with Crippen LogP contribution >= 0.6 is 39.9 Å². The third-order valence-corrected chi connectivity index (χ3v) is 4.05. The van der Waals surface area contributed by atoms with E-state index in [0.29, 0.717) is 35.0 Å². The zero-order valence-corrected chi connectivity index (χ0v) is 19.4. The van der Waals surface area contributed by atoms with Crippen molar-refractivity contribution >= 4 is 45.9 Å². The van der Waals surface area contributed by atoms with Gasteiger partial charge in [0.1, 0.15) is 5.82 Å². The summed E-state index contributed by atoms with van der Waals surface area (Å²) in [4.78, 5) is 4.51. The Morgan fingerprint density at radius 2 is 1.78 bits per heavy atom. The Morgan fingerprint density at radius 1 is 1.04 bits per heavy atom. The van der Waals surface area contributed by atoms with Gasteiger partial charge in [0, 0.05) is 17.6 Å². The molecule has 148 valence electrons. The monoisotopic (exact) mass is 551 g/mol. The summed E-state index contributed by atoms with van der Waals surface area (Å²) in [6.45, 7) is 3.66. The highest BCUT2D eigenvalue weighted by atomic mass is 127. The van der Waals surface area contributed by atoms with Gasteiger partial charge in [0.2, 0.25) is 0 Å². The van der Waals surface area contributed by atoms with Gasteiger partial charge in [-0.1, -0.05) is 22.0 Å². The van der Waals surface area contributed by atoms with Crippen LogP contribution < -0.4 is 20.1 Å². The van der Waals surface area contributed by atoms with Gasteiger partial charge in [-0.15, -0.1) is 24.0 Å².